The highest BCUT2D eigenvalue weighted by molar-refractivity contribution is 5.91. The van der Waals surface area contributed by atoms with Gasteiger partial charge in [0.25, 0.3) is 0 Å². The summed E-state index contributed by atoms with van der Waals surface area (Å²) in [6, 6.07) is 28.6. The van der Waals surface area contributed by atoms with Gasteiger partial charge in [-0.25, -0.2) is 9.78 Å². The molecular formula is C33H39N5O. The summed E-state index contributed by atoms with van der Waals surface area (Å²) >= 11 is 0. The van der Waals surface area contributed by atoms with E-state index in [-0.39, 0.29) is 6.03 Å². The van der Waals surface area contributed by atoms with Gasteiger partial charge in [-0.1, -0.05) is 60.2 Å². The van der Waals surface area contributed by atoms with Crippen LogP contribution < -0.4 is 10.2 Å². The zero-order chi connectivity index (χ0) is 26.8. The maximum atomic E-state index is 13.3. The van der Waals surface area contributed by atoms with Gasteiger partial charge in [0.2, 0.25) is 0 Å². The van der Waals surface area contributed by atoms with E-state index in [9.17, 15) is 4.79 Å². The van der Waals surface area contributed by atoms with E-state index in [2.05, 4.69) is 71.1 Å². The number of hydrogen-bond acceptors (Lipinski definition) is 3. The Bertz CT molecular complexity index is 1420. The number of nitrogens with one attached hydrogen (secondary N) is 1. The smallest absolute Gasteiger partial charge is 0.322 e. The lowest BCUT2D eigenvalue weighted by atomic mass is 9.96. The minimum Gasteiger partial charge on any atom is -0.334 e. The quantitative estimate of drug-likeness (QED) is 0.283. The molecule has 1 aromatic heterocycles. The third-order valence-electron chi connectivity index (χ3n) is 8.63. The number of rotatable bonds is 8. The highest BCUT2D eigenvalue weighted by atomic mass is 16.2. The predicted molar refractivity (Wildman–Crippen MR) is 158 cm³/mol. The first kappa shape index (κ1) is 25.6. The molecule has 2 bridgehead atoms. The number of piperidine rings is 1. The van der Waals surface area contributed by atoms with Crippen molar-refractivity contribution in [1.82, 2.24) is 19.8 Å². The number of imidazole rings is 1. The van der Waals surface area contributed by atoms with E-state index in [1.165, 1.54) is 36.8 Å². The number of aromatic nitrogens is 2. The molecule has 39 heavy (non-hydrogen) atoms. The first-order chi connectivity index (χ1) is 19.1. The number of hydrogen-bond donors (Lipinski definition) is 1. The van der Waals surface area contributed by atoms with Crippen LogP contribution in [0.3, 0.4) is 0 Å². The highest BCUT2D eigenvalue weighted by Gasteiger charge is 2.41. The number of carbonyl (C=O) groups excluding carboxylic acids is 1. The van der Waals surface area contributed by atoms with Gasteiger partial charge in [-0.3, -0.25) is 9.80 Å². The van der Waals surface area contributed by atoms with Crippen molar-refractivity contribution in [2.45, 2.75) is 70.6 Å². The average molecular weight is 522 g/mol. The first-order valence-electron chi connectivity index (χ1n) is 14.4. The van der Waals surface area contributed by atoms with Crippen molar-refractivity contribution in [2.75, 3.05) is 18.0 Å². The van der Waals surface area contributed by atoms with Crippen LogP contribution >= 0.6 is 0 Å². The molecule has 202 valence electrons. The molecule has 2 amide bonds. The molecule has 2 aliphatic rings. The number of benzene rings is 3. The molecule has 2 fully saturated rings. The Morgan fingerprint density at radius 2 is 1.67 bits per heavy atom. The van der Waals surface area contributed by atoms with E-state index in [0.29, 0.717) is 31.2 Å². The predicted octanol–water partition coefficient (Wildman–Crippen LogP) is 6.63. The van der Waals surface area contributed by atoms with Crippen LogP contribution in [0.5, 0.6) is 0 Å². The number of aryl methyl sites for hydroxylation is 2. The van der Waals surface area contributed by atoms with E-state index in [1.54, 1.807) is 0 Å². The number of anilines is 1. The van der Waals surface area contributed by atoms with Crippen molar-refractivity contribution in [2.24, 2.45) is 0 Å². The summed E-state index contributed by atoms with van der Waals surface area (Å²) in [5.41, 5.74) is 5.64. The lowest BCUT2D eigenvalue weighted by molar-refractivity contribution is 0.107. The Hall–Kier alpha value is -3.64. The van der Waals surface area contributed by atoms with Gasteiger partial charge in [0, 0.05) is 43.4 Å². The maximum Gasteiger partial charge on any atom is 0.322 e. The molecule has 0 saturated carbocycles. The molecule has 6 rings (SSSR count). The largest absolute Gasteiger partial charge is 0.334 e. The fraction of sp³-hybridized carbons (Fsp3) is 0.394. The molecule has 4 aromatic rings. The SMILES string of the molecule is Cc1cccc(CNC(=O)N(CCCN2C3CC[C@H]2CC(n2c(C)nc4ccccc42)C3)c2ccccc2)c1. The van der Waals surface area contributed by atoms with E-state index in [1.807, 2.05) is 41.3 Å². The van der Waals surface area contributed by atoms with Gasteiger partial charge in [-0.2, -0.15) is 0 Å². The van der Waals surface area contributed by atoms with Gasteiger partial charge < -0.3 is 9.88 Å². The Morgan fingerprint density at radius 3 is 2.44 bits per heavy atom. The molecule has 2 unspecified atom stereocenters. The monoisotopic (exact) mass is 521 g/mol. The van der Waals surface area contributed by atoms with E-state index >= 15 is 0 Å². The summed E-state index contributed by atoms with van der Waals surface area (Å²) in [5, 5.41) is 3.15. The number of amides is 2. The molecule has 3 atom stereocenters. The van der Waals surface area contributed by atoms with E-state index < -0.39 is 0 Å². The van der Waals surface area contributed by atoms with Crippen LogP contribution in [0.2, 0.25) is 0 Å². The van der Waals surface area contributed by atoms with Crippen molar-refractivity contribution >= 4 is 22.8 Å². The molecule has 3 heterocycles. The van der Waals surface area contributed by atoms with Crippen LogP contribution in [0.15, 0.2) is 78.9 Å². The lowest BCUT2D eigenvalue weighted by Gasteiger charge is -2.40. The fourth-order valence-electron chi connectivity index (χ4n) is 6.91. The summed E-state index contributed by atoms with van der Waals surface area (Å²) in [6.45, 7) is 6.49. The summed E-state index contributed by atoms with van der Waals surface area (Å²) in [7, 11) is 0. The average Bonchev–Trinajstić information content (AvgIpc) is 3.40. The second kappa shape index (κ2) is 11.2. The number of para-hydroxylation sites is 3. The summed E-state index contributed by atoms with van der Waals surface area (Å²) in [5.74, 6) is 1.13. The lowest BCUT2D eigenvalue weighted by Crippen LogP contribution is -2.45. The van der Waals surface area contributed by atoms with E-state index in [4.69, 9.17) is 4.98 Å². The topological polar surface area (TPSA) is 53.4 Å². The van der Waals surface area contributed by atoms with Crippen LogP contribution in [0.25, 0.3) is 11.0 Å². The highest BCUT2D eigenvalue weighted by Crippen LogP contribution is 2.42. The van der Waals surface area contributed by atoms with Gasteiger partial charge in [-0.05, 0) is 75.8 Å². The summed E-state index contributed by atoms with van der Waals surface area (Å²) in [4.78, 5) is 22.8. The standard InChI is InChI=1S/C33H39N5O/c1-24-10-8-11-26(20-24)23-34-33(39)37(27-12-4-3-5-13-27)19-9-18-36-28-16-17-29(36)22-30(21-28)38-25(2)35-31-14-6-7-15-32(31)38/h3-8,10-15,20,28-30H,9,16-19,21-23H2,1-2H3,(H,34,39)/t28-,29?,30?/m0/s1. The second-order valence-corrected chi connectivity index (χ2v) is 11.3. The van der Waals surface area contributed by atoms with Crippen molar-refractivity contribution in [1.29, 1.82) is 0 Å². The van der Waals surface area contributed by atoms with Gasteiger partial charge in [0.15, 0.2) is 0 Å². The molecule has 0 radical (unpaired) electrons. The third kappa shape index (κ3) is 5.44. The Labute approximate surface area is 231 Å². The molecule has 0 aliphatic carbocycles. The zero-order valence-corrected chi connectivity index (χ0v) is 23.1. The summed E-state index contributed by atoms with van der Waals surface area (Å²) < 4.78 is 2.49. The zero-order valence-electron chi connectivity index (χ0n) is 23.1. The van der Waals surface area contributed by atoms with Gasteiger partial charge in [0.05, 0.1) is 11.0 Å². The van der Waals surface area contributed by atoms with Crippen LogP contribution in [-0.2, 0) is 6.54 Å². The maximum absolute atomic E-state index is 13.3. The molecule has 2 saturated heterocycles. The molecule has 2 aliphatic heterocycles. The minimum absolute atomic E-state index is 0.0353. The van der Waals surface area contributed by atoms with Crippen molar-refractivity contribution in [3.8, 4) is 0 Å². The fourth-order valence-corrected chi connectivity index (χ4v) is 6.91. The number of nitrogens with zero attached hydrogens (tertiary/aromatic N) is 4. The van der Waals surface area contributed by atoms with Crippen molar-refractivity contribution < 1.29 is 4.79 Å². The molecule has 6 nitrogen and oxygen atoms in total. The Kier molecular flexibility index (Phi) is 7.38. The van der Waals surface area contributed by atoms with Crippen LogP contribution in [0.4, 0.5) is 10.5 Å². The van der Waals surface area contributed by atoms with Gasteiger partial charge >= 0.3 is 6.03 Å². The molecule has 3 aromatic carbocycles. The van der Waals surface area contributed by atoms with E-state index in [0.717, 1.165) is 35.6 Å². The summed E-state index contributed by atoms with van der Waals surface area (Å²) in [6.07, 6.45) is 5.85. The number of fused-ring (bicyclic) bond motifs is 3. The molecule has 6 heteroatoms. The normalized spacial score (nSPS) is 20.8. The number of urea groups is 1. The first-order valence-corrected chi connectivity index (χ1v) is 14.4. The molecule has 1 N–H and O–H groups in total. The third-order valence-corrected chi connectivity index (χ3v) is 8.63. The minimum atomic E-state index is -0.0353. The molecular weight excluding hydrogens is 482 g/mol. The van der Waals surface area contributed by atoms with Crippen LogP contribution in [0, 0.1) is 13.8 Å². The Morgan fingerprint density at radius 1 is 0.923 bits per heavy atom. The van der Waals surface area contributed by atoms with Gasteiger partial charge in [-0.15, -0.1) is 0 Å². The van der Waals surface area contributed by atoms with Crippen LogP contribution in [-0.4, -0.2) is 45.7 Å². The second-order valence-electron chi connectivity index (χ2n) is 11.3. The van der Waals surface area contributed by atoms with Gasteiger partial charge in [0.1, 0.15) is 5.82 Å². The van der Waals surface area contributed by atoms with Crippen LogP contribution in [0.1, 0.15) is 55.1 Å². The Balaban J connectivity index is 1.09. The van der Waals surface area contributed by atoms with Crippen molar-refractivity contribution in [3.63, 3.8) is 0 Å². The number of carbonyl (C=O) groups is 1. The molecule has 0 spiro atoms. The van der Waals surface area contributed by atoms with Crippen molar-refractivity contribution in [3.05, 3.63) is 95.8 Å².